The van der Waals surface area contributed by atoms with E-state index in [1.54, 1.807) is 6.20 Å². The molecule has 82 valence electrons. The average molecular weight is 292 g/mol. The number of pyridine rings is 1. The van der Waals surface area contributed by atoms with Crippen molar-refractivity contribution in [2.45, 2.75) is 6.42 Å². The molecular formula is C10H12BrClN2O. The lowest BCUT2D eigenvalue weighted by Gasteiger charge is -2.10. The van der Waals surface area contributed by atoms with Crippen molar-refractivity contribution in [1.29, 1.82) is 0 Å². The van der Waals surface area contributed by atoms with Crippen molar-refractivity contribution in [1.82, 2.24) is 4.98 Å². The first-order chi connectivity index (χ1) is 7.25. The van der Waals surface area contributed by atoms with Gasteiger partial charge < -0.3 is 10.1 Å². The van der Waals surface area contributed by atoms with Crippen molar-refractivity contribution < 1.29 is 4.74 Å². The molecule has 0 spiro atoms. The lowest BCUT2D eigenvalue weighted by atomic mass is 10.1. The zero-order valence-electron chi connectivity index (χ0n) is 8.17. The SMILES string of the molecule is Clc1cc(Br)cnc1NCC1CCOC1. The van der Waals surface area contributed by atoms with Gasteiger partial charge in [0.2, 0.25) is 0 Å². The zero-order valence-corrected chi connectivity index (χ0v) is 10.5. The Morgan fingerprint density at radius 1 is 1.67 bits per heavy atom. The number of ether oxygens (including phenoxy) is 1. The maximum absolute atomic E-state index is 6.03. The van der Waals surface area contributed by atoms with Gasteiger partial charge in [0.25, 0.3) is 0 Å². The van der Waals surface area contributed by atoms with Gasteiger partial charge in [-0.1, -0.05) is 11.6 Å². The molecule has 1 saturated heterocycles. The van der Waals surface area contributed by atoms with E-state index < -0.39 is 0 Å². The van der Waals surface area contributed by atoms with Gasteiger partial charge in [-0.2, -0.15) is 0 Å². The van der Waals surface area contributed by atoms with Crippen LogP contribution in [0.25, 0.3) is 0 Å². The van der Waals surface area contributed by atoms with Gasteiger partial charge in [0, 0.05) is 29.7 Å². The van der Waals surface area contributed by atoms with Gasteiger partial charge >= 0.3 is 0 Å². The van der Waals surface area contributed by atoms with E-state index in [1.165, 1.54) is 0 Å². The number of nitrogens with zero attached hydrogens (tertiary/aromatic N) is 1. The minimum absolute atomic E-state index is 0.575. The van der Waals surface area contributed by atoms with E-state index in [-0.39, 0.29) is 0 Å². The summed E-state index contributed by atoms with van der Waals surface area (Å²) in [5.74, 6) is 1.32. The van der Waals surface area contributed by atoms with Gasteiger partial charge in [0.15, 0.2) is 0 Å². The van der Waals surface area contributed by atoms with Crippen molar-refractivity contribution in [3.63, 3.8) is 0 Å². The van der Waals surface area contributed by atoms with Crippen LogP contribution in [0.3, 0.4) is 0 Å². The summed E-state index contributed by atoms with van der Waals surface area (Å²) in [6.07, 6.45) is 2.85. The molecule has 0 amide bonds. The lowest BCUT2D eigenvalue weighted by molar-refractivity contribution is 0.187. The minimum atomic E-state index is 0.575. The first-order valence-corrected chi connectivity index (χ1v) is 6.05. The molecule has 1 aliphatic rings. The summed E-state index contributed by atoms with van der Waals surface area (Å²) in [5, 5.41) is 3.88. The van der Waals surface area contributed by atoms with Crippen LogP contribution in [0, 0.1) is 5.92 Å². The second-order valence-electron chi connectivity index (χ2n) is 3.59. The molecule has 2 heterocycles. The Morgan fingerprint density at radius 2 is 2.53 bits per heavy atom. The predicted molar refractivity (Wildman–Crippen MR) is 64.4 cm³/mol. The van der Waals surface area contributed by atoms with Crippen LogP contribution >= 0.6 is 27.5 Å². The average Bonchev–Trinajstić information content (AvgIpc) is 2.69. The van der Waals surface area contributed by atoms with Crippen molar-refractivity contribution in [2.24, 2.45) is 5.92 Å². The molecule has 1 unspecified atom stereocenters. The van der Waals surface area contributed by atoms with Crippen molar-refractivity contribution in [3.8, 4) is 0 Å². The third-order valence-corrected chi connectivity index (χ3v) is 3.11. The molecule has 1 atom stereocenters. The Bertz CT molecular complexity index is 342. The highest BCUT2D eigenvalue weighted by Gasteiger charge is 2.15. The van der Waals surface area contributed by atoms with E-state index in [1.807, 2.05) is 6.07 Å². The molecule has 0 saturated carbocycles. The normalized spacial score (nSPS) is 20.5. The molecule has 0 aliphatic carbocycles. The number of anilines is 1. The molecule has 2 rings (SSSR count). The molecular weight excluding hydrogens is 279 g/mol. The summed E-state index contributed by atoms with van der Waals surface area (Å²) in [6, 6.07) is 1.84. The number of aromatic nitrogens is 1. The lowest BCUT2D eigenvalue weighted by Crippen LogP contribution is -2.14. The van der Waals surface area contributed by atoms with Crippen LogP contribution < -0.4 is 5.32 Å². The van der Waals surface area contributed by atoms with Crippen LogP contribution in [-0.2, 0) is 4.74 Å². The summed E-state index contributed by atoms with van der Waals surface area (Å²) >= 11 is 9.35. The Kier molecular flexibility index (Phi) is 3.83. The van der Waals surface area contributed by atoms with E-state index >= 15 is 0 Å². The Hall–Kier alpha value is -0.320. The van der Waals surface area contributed by atoms with E-state index in [9.17, 15) is 0 Å². The molecule has 5 heteroatoms. The van der Waals surface area contributed by atoms with Crippen LogP contribution in [0.5, 0.6) is 0 Å². The van der Waals surface area contributed by atoms with Crippen LogP contribution in [0.2, 0.25) is 5.02 Å². The third kappa shape index (κ3) is 3.06. The van der Waals surface area contributed by atoms with E-state index in [0.29, 0.717) is 10.9 Å². The number of rotatable bonds is 3. The second-order valence-corrected chi connectivity index (χ2v) is 4.92. The molecule has 1 aliphatic heterocycles. The van der Waals surface area contributed by atoms with Gasteiger partial charge in [-0.15, -0.1) is 0 Å². The van der Waals surface area contributed by atoms with Crippen LogP contribution in [0.15, 0.2) is 16.7 Å². The molecule has 1 aromatic heterocycles. The zero-order chi connectivity index (χ0) is 10.7. The standard InChI is InChI=1S/C10H12BrClN2O/c11-8-3-9(12)10(14-5-8)13-4-7-1-2-15-6-7/h3,5,7H,1-2,4,6H2,(H,13,14). The molecule has 1 aromatic rings. The molecule has 15 heavy (non-hydrogen) atoms. The topological polar surface area (TPSA) is 34.2 Å². The smallest absolute Gasteiger partial charge is 0.144 e. The summed E-state index contributed by atoms with van der Waals surface area (Å²) in [6.45, 7) is 2.57. The highest BCUT2D eigenvalue weighted by molar-refractivity contribution is 9.10. The monoisotopic (exact) mass is 290 g/mol. The van der Waals surface area contributed by atoms with Gasteiger partial charge in [-0.3, -0.25) is 0 Å². The summed E-state index contributed by atoms with van der Waals surface area (Å²) in [4.78, 5) is 4.21. The van der Waals surface area contributed by atoms with Crippen LogP contribution in [0.4, 0.5) is 5.82 Å². The summed E-state index contributed by atoms with van der Waals surface area (Å²) < 4.78 is 6.18. The molecule has 0 bridgehead atoms. The van der Waals surface area contributed by atoms with Crippen molar-refractivity contribution >= 4 is 33.3 Å². The highest BCUT2D eigenvalue weighted by atomic mass is 79.9. The van der Waals surface area contributed by atoms with Crippen LogP contribution in [-0.4, -0.2) is 24.7 Å². The van der Waals surface area contributed by atoms with E-state index in [2.05, 4.69) is 26.2 Å². The Labute approximate surface area is 102 Å². The molecule has 1 fully saturated rings. The van der Waals surface area contributed by atoms with E-state index in [0.717, 1.165) is 36.5 Å². The highest BCUT2D eigenvalue weighted by Crippen LogP contribution is 2.23. The second kappa shape index (κ2) is 5.14. The molecule has 0 radical (unpaired) electrons. The fraction of sp³-hybridized carbons (Fsp3) is 0.500. The largest absolute Gasteiger partial charge is 0.381 e. The van der Waals surface area contributed by atoms with Crippen molar-refractivity contribution in [2.75, 3.05) is 25.1 Å². The summed E-state index contributed by atoms with van der Waals surface area (Å²) in [7, 11) is 0. The van der Waals surface area contributed by atoms with Gasteiger partial charge in [0.1, 0.15) is 5.82 Å². The Morgan fingerprint density at radius 3 is 3.20 bits per heavy atom. The van der Waals surface area contributed by atoms with Gasteiger partial charge in [-0.25, -0.2) is 4.98 Å². The number of nitrogens with one attached hydrogen (secondary N) is 1. The number of halogens is 2. The first-order valence-electron chi connectivity index (χ1n) is 4.88. The maximum atomic E-state index is 6.03. The van der Waals surface area contributed by atoms with Gasteiger partial charge in [-0.05, 0) is 28.4 Å². The minimum Gasteiger partial charge on any atom is -0.381 e. The quantitative estimate of drug-likeness (QED) is 0.930. The summed E-state index contributed by atoms with van der Waals surface area (Å²) in [5.41, 5.74) is 0. The number of hydrogen-bond donors (Lipinski definition) is 1. The molecule has 1 N–H and O–H groups in total. The van der Waals surface area contributed by atoms with Crippen LogP contribution in [0.1, 0.15) is 6.42 Å². The van der Waals surface area contributed by atoms with Crippen molar-refractivity contribution in [3.05, 3.63) is 21.8 Å². The molecule has 0 aromatic carbocycles. The molecule has 3 nitrogen and oxygen atoms in total. The maximum Gasteiger partial charge on any atom is 0.144 e. The fourth-order valence-corrected chi connectivity index (χ4v) is 2.23. The van der Waals surface area contributed by atoms with Gasteiger partial charge in [0.05, 0.1) is 11.6 Å². The Balaban J connectivity index is 1.92. The predicted octanol–water partition coefficient (Wildman–Crippen LogP) is 2.95. The first kappa shape index (κ1) is 11.2. The van der Waals surface area contributed by atoms with E-state index in [4.69, 9.17) is 16.3 Å². The number of hydrogen-bond acceptors (Lipinski definition) is 3. The third-order valence-electron chi connectivity index (χ3n) is 2.39. The fourth-order valence-electron chi connectivity index (χ4n) is 1.53.